The van der Waals surface area contributed by atoms with E-state index in [0.29, 0.717) is 0 Å². The van der Waals surface area contributed by atoms with Crippen LogP contribution in [0, 0.1) is 0 Å². The van der Waals surface area contributed by atoms with Gasteiger partial charge in [-0.25, -0.2) is 0 Å². The summed E-state index contributed by atoms with van der Waals surface area (Å²) in [5.41, 5.74) is 0. The van der Waals surface area contributed by atoms with Gasteiger partial charge in [-0.15, -0.1) is 0 Å². The molecule has 0 radical (unpaired) electrons. The van der Waals surface area contributed by atoms with Crippen LogP contribution in [-0.4, -0.2) is 37.5 Å². The fourth-order valence-corrected chi connectivity index (χ4v) is 12.0. The monoisotopic (exact) mass is 233 g/mol. The zero-order valence-electron chi connectivity index (χ0n) is 10.6. The maximum Gasteiger partial charge on any atom is 0.112 e. The molecule has 0 fully saturated rings. The van der Waals surface area contributed by atoms with Gasteiger partial charge in [-0.2, -0.15) is 0 Å². The Morgan fingerprint density at radius 2 is 1.31 bits per heavy atom. The lowest BCUT2D eigenvalue weighted by molar-refractivity contribution is 0.601. The molecule has 0 atom stereocenters. The zero-order chi connectivity index (χ0) is 10.7. The van der Waals surface area contributed by atoms with Crippen molar-refractivity contribution >= 4 is 26.7 Å². The van der Waals surface area contributed by atoms with Gasteiger partial charge < -0.3 is 4.23 Å². The first-order chi connectivity index (χ1) is 5.69. The summed E-state index contributed by atoms with van der Waals surface area (Å²) < 4.78 is 2.89. The SMILES string of the molecule is C[Si](C)(C)N(CCC[SiH3])[Si](C)(C)C. The molecule has 0 aromatic carbocycles. The number of nitrogens with zero attached hydrogens (tertiary/aromatic N) is 1. The Kier molecular flexibility index (Phi) is 5.14. The molecule has 0 saturated heterocycles. The maximum absolute atomic E-state index is 2.89. The van der Waals surface area contributed by atoms with Gasteiger partial charge in [-0.1, -0.05) is 45.3 Å². The van der Waals surface area contributed by atoms with E-state index >= 15 is 0 Å². The Morgan fingerprint density at radius 1 is 0.923 bits per heavy atom. The summed E-state index contributed by atoms with van der Waals surface area (Å²) in [6.45, 7) is 16.3. The maximum atomic E-state index is 2.89. The van der Waals surface area contributed by atoms with Crippen LogP contribution in [0.3, 0.4) is 0 Å². The predicted molar refractivity (Wildman–Crippen MR) is 72.8 cm³/mol. The van der Waals surface area contributed by atoms with Gasteiger partial charge >= 0.3 is 0 Å². The highest BCUT2D eigenvalue weighted by molar-refractivity contribution is 6.89. The third-order valence-electron chi connectivity index (χ3n) is 2.35. The molecule has 0 bridgehead atoms. The van der Waals surface area contributed by atoms with Crippen LogP contribution in [0.15, 0.2) is 0 Å². The Labute approximate surface area is 89.5 Å². The summed E-state index contributed by atoms with van der Waals surface area (Å²) in [5, 5.41) is 0. The summed E-state index contributed by atoms with van der Waals surface area (Å²) >= 11 is 0. The second kappa shape index (κ2) is 4.91. The molecule has 0 rings (SSSR count). The van der Waals surface area contributed by atoms with Crippen molar-refractivity contribution in [2.75, 3.05) is 6.54 Å². The Balaban J connectivity index is 4.39. The molecule has 0 saturated carbocycles. The average Bonchev–Trinajstić information content (AvgIpc) is 1.81. The van der Waals surface area contributed by atoms with Crippen LogP contribution in [0.2, 0.25) is 45.3 Å². The van der Waals surface area contributed by atoms with Crippen LogP contribution in [0.5, 0.6) is 0 Å². The topological polar surface area (TPSA) is 3.24 Å². The fraction of sp³-hybridized carbons (Fsp3) is 1.00. The van der Waals surface area contributed by atoms with Crippen molar-refractivity contribution in [1.29, 1.82) is 0 Å². The van der Waals surface area contributed by atoms with E-state index in [-0.39, 0.29) is 0 Å². The van der Waals surface area contributed by atoms with E-state index in [1.54, 1.807) is 0 Å². The Bertz CT molecular complexity index is 132. The number of hydrogen-bond donors (Lipinski definition) is 0. The minimum atomic E-state index is -1.05. The van der Waals surface area contributed by atoms with Crippen molar-refractivity contribution in [1.82, 2.24) is 4.23 Å². The van der Waals surface area contributed by atoms with Crippen molar-refractivity contribution in [2.24, 2.45) is 0 Å². The van der Waals surface area contributed by atoms with Crippen molar-refractivity contribution in [3.05, 3.63) is 0 Å². The highest BCUT2D eigenvalue weighted by Crippen LogP contribution is 2.19. The van der Waals surface area contributed by atoms with Crippen molar-refractivity contribution in [2.45, 2.75) is 51.7 Å². The minimum Gasteiger partial charge on any atom is -0.346 e. The zero-order valence-corrected chi connectivity index (χ0v) is 14.6. The smallest absolute Gasteiger partial charge is 0.112 e. The largest absolute Gasteiger partial charge is 0.346 e. The standard InChI is InChI=1S/C9H27NSi3/c1-12(2,3)10(8-7-9-11)13(4,5)6/h7-9H2,1-6,11H3. The van der Waals surface area contributed by atoms with E-state index < -0.39 is 16.5 Å². The predicted octanol–water partition coefficient (Wildman–Crippen LogP) is 2.13. The van der Waals surface area contributed by atoms with E-state index in [2.05, 4.69) is 43.5 Å². The molecule has 0 aromatic rings. The van der Waals surface area contributed by atoms with Gasteiger partial charge in [0.2, 0.25) is 0 Å². The molecule has 0 aliphatic carbocycles. The molecule has 0 aliphatic rings. The number of hydrogen-bond acceptors (Lipinski definition) is 1. The first-order valence-electron chi connectivity index (χ1n) is 5.47. The van der Waals surface area contributed by atoms with Gasteiger partial charge in [0.15, 0.2) is 0 Å². The molecule has 0 aliphatic heterocycles. The molecule has 0 N–H and O–H groups in total. The first-order valence-corrected chi connectivity index (χ1v) is 13.8. The summed E-state index contributed by atoms with van der Waals surface area (Å²) in [5.74, 6) is 0. The Morgan fingerprint density at radius 3 is 1.54 bits per heavy atom. The molecule has 13 heavy (non-hydrogen) atoms. The van der Waals surface area contributed by atoms with Gasteiger partial charge in [0, 0.05) is 10.2 Å². The van der Waals surface area contributed by atoms with Gasteiger partial charge in [-0.3, -0.25) is 0 Å². The van der Waals surface area contributed by atoms with E-state index in [4.69, 9.17) is 0 Å². The molecular formula is C9H27NSi3. The van der Waals surface area contributed by atoms with Gasteiger partial charge in [-0.05, 0) is 13.0 Å². The van der Waals surface area contributed by atoms with E-state index in [1.165, 1.54) is 29.3 Å². The summed E-state index contributed by atoms with van der Waals surface area (Å²) in [7, 11) is -0.725. The molecular weight excluding hydrogens is 206 g/mol. The molecule has 0 amide bonds. The van der Waals surface area contributed by atoms with Crippen LogP contribution in [-0.2, 0) is 0 Å². The van der Waals surface area contributed by atoms with Crippen LogP contribution in [0.1, 0.15) is 6.42 Å². The van der Waals surface area contributed by atoms with E-state index in [9.17, 15) is 0 Å². The fourth-order valence-electron chi connectivity index (χ4n) is 1.99. The van der Waals surface area contributed by atoms with E-state index in [0.717, 1.165) is 0 Å². The van der Waals surface area contributed by atoms with Crippen LogP contribution in [0.25, 0.3) is 0 Å². The van der Waals surface area contributed by atoms with Crippen LogP contribution < -0.4 is 0 Å². The van der Waals surface area contributed by atoms with E-state index in [1.807, 2.05) is 0 Å². The highest BCUT2D eigenvalue weighted by Gasteiger charge is 2.33. The van der Waals surface area contributed by atoms with Gasteiger partial charge in [0.25, 0.3) is 0 Å². The Hall–Kier alpha value is 0.611. The molecule has 80 valence electrons. The van der Waals surface area contributed by atoms with Crippen LogP contribution >= 0.6 is 0 Å². The highest BCUT2D eigenvalue weighted by atomic mass is 28.4. The molecule has 4 heteroatoms. The number of rotatable bonds is 5. The summed E-state index contributed by atoms with van der Waals surface area (Å²) in [4.78, 5) is 0. The second-order valence-electron chi connectivity index (χ2n) is 5.85. The third-order valence-corrected chi connectivity index (χ3v) is 10.8. The van der Waals surface area contributed by atoms with Crippen molar-refractivity contribution in [3.63, 3.8) is 0 Å². The lowest BCUT2D eigenvalue weighted by Gasteiger charge is -2.43. The molecule has 0 unspecified atom stereocenters. The quantitative estimate of drug-likeness (QED) is 0.658. The molecule has 0 spiro atoms. The lowest BCUT2D eigenvalue weighted by Crippen LogP contribution is -2.59. The first kappa shape index (κ1) is 13.6. The molecule has 1 nitrogen and oxygen atoms in total. The van der Waals surface area contributed by atoms with Crippen molar-refractivity contribution in [3.8, 4) is 0 Å². The summed E-state index contributed by atoms with van der Waals surface area (Å²) in [6.07, 6.45) is 1.43. The second-order valence-corrected chi connectivity index (χ2v) is 17.1. The molecule has 0 aromatic heterocycles. The lowest BCUT2D eigenvalue weighted by atomic mass is 10.5. The molecule has 0 heterocycles. The average molecular weight is 234 g/mol. The summed E-state index contributed by atoms with van der Waals surface area (Å²) in [6, 6.07) is 1.46. The third kappa shape index (κ3) is 5.15. The van der Waals surface area contributed by atoms with Crippen molar-refractivity contribution < 1.29 is 0 Å². The minimum absolute atomic E-state index is 1.05. The van der Waals surface area contributed by atoms with Gasteiger partial charge in [0.1, 0.15) is 16.5 Å². The normalized spacial score (nSPS) is 14.1. The van der Waals surface area contributed by atoms with Crippen LogP contribution in [0.4, 0.5) is 0 Å². The van der Waals surface area contributed by atoms with Gasteiger partial charge in [0.05, 0.1) is 0 Å².